The molecule has 0 radical (unpaired) electrons. The molecule has 20 heavy (non-hydrogen) atoms. The van der Waals surface area contributed by atoms with Gasteiger partial charge in [-0.05, 0) is 50.1 Å². The second kappa shape index (κ2) is 7.06. The number of hydrogen-bond acceptors (Lipinski definition) is 3. The van der Waals surface area contributed by atoms with Gasteiger partial charge in [0, 0.05) is 18.3 Å². The molecule has 1 heterocycles. The van der Waals surface area contributed by atoms with Gasteiger partial charge in [-0.15, -0.1) is 0 Å². The van der Waals surface area contributed by atoms with Crippen LogP contribution >= 0.6 is 0 Å². The lowest BCUT2D eigenvalue weighted by molar-refractivity contribution is 0.466. The SMILES string of the molecule is CCCNCc1ccncc1Oc1cc(C)ccc1C. The van der Waals surface area contributed by atoms with Crippen LogP contribution < -0.4 is 10.1 Å². The zero-order valence-electron chi connectivity index (χ0n) is 12.4. The topological polar surface area (TPSA) is 34.2 Å². The molecule has 3 heteroatoms. The second-order valence-corrected chi connectivity index (χ2v) is 5.03. The summed E-state index contributed by atoms with van der Waals surface area (Å²) in [5, 5.41) is 3.40. The highest BCUT2D eigenvalue weighted by Gasteiger charge is 2.07. The van der Waals surface area contributed by atoms with Crippen LogP contribution in [0.4, 0.5) is 0 Å². The van der Waals surface area contributed by atoms with Gasteiger partial charge < -0.3 is 10.1 Å². The maximum Gasteiger partial charge on any atom is 0.150 e. The van der Waals surface area contributed by atoms with E-state index in [0.717, 1.165) is 42.1 Å². The molecular formula is C17H22N2O. The molecule has 0 aliphatic heterocycles. The summed E-state index contributed by atoms with van der Waals surface area (Å²) >= 11 is 0. The van der Waals surface area contributed by atoms with Crippen molar-refractivity contribution < 1.29 is 4.74 Å². The van der Waals surface area contributed by atoms with Gasteiger partial charge in [-0.3, -0.25) is 4.98 Å². The van der Waals surface area contributed by atoms with Crippen molar-refractivity contribution in [3.8, 4) is 11.5 Å². The average molecular weight is 270 g/mol. The molecule has 0 aliphatic rings. The monoisotopic (exact) mass is 270 g/mol. The first-order valence-corrected chi connectivity index (χ1v) is 7.09. The Morgan fingerprint density at radius 3 is 2.80 bits per heavy atom. The Bertz CT molecular complexity index is 567. The van der Waals surface area contributed by atoms with Crippen LogP contribution in [0.1, 0.15) is 30.0 Å². The van der Waals surface area contributed by atoms with Crippen LogP contribution in [0.25, 0.3) is 0 Å². The highest BCUT2D eigenvalue weighted by atomic mass is 16.5. The minimum absolute atomic E-state index is 0.802. The first kappa shape index (κ1) is 14.5. The van der Waals surface area contributed by atoms with Crippen molar-refractivity contribution in [3.63, 3.8) is 0 Å². The van der Waals surface area contributed by atoms with Gasteiger partial charge in [0.1, 0.15) is 11.5 Å². The van der Waals surface area contributed by atoms with Crippen molar-refractivity contribution in [3.05, 3.63) is 53.3 Å². The Morgan fingerprint density at radius 2 is 2.00 bits per heavy atom. The lowest BCUT2D eigenvalue weighted by Gasteiger charge is -2.13. The third-order valence-electron chi connectivity index (χ3n) is 3.18. The fraction of sp³-hybridized carbons (Fsp3) is 0.353. The first-order chi connectivity index (χ1) is 9.70. The van der Waals surface area contributed by atoms with Crippen molar-refractivity contribution >= 4 is 0 Å². The van der Waals surface area contributed by atoms with Gasteiger partial charge in [-0.25, -0.2) is 0 Å². The van der Waals surface area contributed by atoms with Crippen molar-refractivity contribution in [1.82, 2.24) is 10.3 Å². The summed E-state index contributed by atoms with van der Waals surface area (Å²) in [5.74, 6) is 1.72. The molecule has 0 saturated carbocycles. The molecule has 0 bridgehead atoms. The fourth-order valence-corrected chi connectivity index (χ4v) is 1.98. The molecule has 0 unspecified atom stereocenters. The van der Waals surface area contributed by atoms with Gasteiger partial charge in [0.2, 0.25) is 0 Å². The molecule has 1 aromatic heterocycles. The lowest BCUT2D eigenvalue weighted by atomic mass is 10.1. The molecule has 0 saturated heterocycles. The Labute approximate surface area is 121 Å². The van der Waals surface area contributed by atoms with Gasteiger partial charge in [-0.2, -0.15) is 0 Å². The summed E-state index contributed by atoms with van der Waals surface area (Å²) in [6.45, 7) is 8.09. The second-order valence-electron chi connectivity index (χ2n) is 5.03. The minimum atomic E-state index is 0.802. The number of nitrogens with zero attached hydrogens (tertiary/aromatic N) is 1. The highest BCUT2D eigenvalue weighted by molar-refractivity contribution is 5.41. The van der Waals surface area contributed by atoms with Crippen LogP contribution in [-0.2, 0) is 6.54 Å². The van der Waals surface area contributed by atoms with Gasteiger partial charge in [-0.1, -0.05) is 19.1 Å². The Hall–Kier alpha value is -1.87. The van der Waals surface area contributed by atoms with Gasteiger partial charge in [0.05, 0.1) is 6.20 Å². The highest BCUT2D eigenvalue weighted by Crippen LogP contribution is 2.28. The van der Waals surface area contributed by atoms with Gasteiger partial charge >= 0.3 is 0 Å². The van der Waals surface area contributed by atoms with Crippen LogP contribution in [-0.4, -0.2) is 11.5 Å². The summed E-state index contributed by atoms with van der Waals surface area (Å²) in [7, 11) is 0. The number of pyridine rings is 1. The Morgan fingerprint density at radius 1 is 1.15 bits per heavy atom. The quantitative estimate of drug-likeness (QED) is 0.806. The molecule has 2 aromatic rings. The zero-order chi connectivity index (χ0) is 14.4. The van der Waals surface area contributed by atoms with E-state index in [9.17, 15) is 0 Å². The molecule has 0 spiro atoms. The Kier molecular flexibility index (Phi) is 5.13. The number of nitrogens with one attached hydrogen (secondary N) is 1. The molecule has 1 N–H and O–H groups in total. The van der Waals surface area contributed by atoms with E-state index < -0.39 is 0 Å². The standard InChI is InChI=1S/C17H22N2O/c1-4-8-18-11-15-7-9-19-12-17(15)20-16-10-13(2)5-6-14(16)3/h5-7,9-10,12,18H,4,8,11H2,1-3H3. The summed E-state index contributed by atoms with van der Waals surface area (Å²) in [6.07, 6.45) is 4.71. The first-order valence-electron chi connectivity index (χ1n) is 7.09. The smallest absolute Gasteiger partial charge is 0.150 e. The van der Waals surface area contributed by atoms with Crippen molar-refractivity contribution in [2.75, 3.05) is 6.54 Å². The number of rotatable bonds is 6. The number of ether oxygens (including phenoxy) is 1. The average Bonchev–Trinajstić information content (AvgIpc) is 2.45. The normalized spacial score (nSPS) is 10.6. The number of aromatic nitrogens is 1. The van der Waals surface area contributed by atoms with Crippen molar-refractivity contribution in [1.29, 1.82) is 0 Å². The zero-order valence-corrected chi connectivity index (χ0v) is 12.4. The van der Waals surface area contributed by atoms with Crippen LogP contribution in [0.3, 0.4) is 0 Å². The molecule has 0 fully saturated rings. The summed E-state index contributed by atoms with van der Waals surface area (Å²) < 4.78 is 6.05. The van der Waals surface area contributed by atoms with E-state index in [1.54, 1.807) is 12.4 Å². The van der Waals surface area contributed by atoms with E-state index in [1.807, 2.05) is 6.07 Å². The third-order valence-corrected chi connectivity index (χ3v) is 3.18. The summed E-state index contributed by atoms with van der Waals surface area (Å²) in [6, 6.07) is 8.24. The molecule has 106 valence electrons. The number of hydrogen-bond donors (Lipinski definition) is 1. The predicted octanol–water partition coefficient (Wildman–Crippen LogP) is 3.99. The summed E-state index contributed by atoms with van der Waals surface area (Å²) in [4.78, 5) is 4.17. The lowest BCUT2D eigenvalue weighted by Crippen LogP contribution is -2.14. The molecule has 3 nitrogen and oxygen atoms in total. The summed E-state index contributed by atoms with van der Waals surface area (Å²) in [5.41, 5.74) is 3.46. The largest absolute Gasteiger partial charge is 0.455 e. The predicted molar refractivity (Wildman–Crippen MR) is 82.2 cm³/mol. The van der Waals surface area contributed by atoms with E-state index in [-0.39, 0.29) is 0 Å². The van der Waals surface area contributed by atoms with Crippen LogP contribution in [0.2, 0.25) is 0 Å². The van der Waals surface area contributed by atoms with Gasteiger partial charge in [0.25, 0.3) is 0 Å². The van der Waals surface area contributed by atoms with E-state index in [1.165, 1.54) is 5.56 Å². The van der Waals surface area contributed by atoms with Crippen LogP contribution in [0.5, 0.6) is 11.5 Å². The number of aryl methyl sites for hydroxylation is 2. The molecular weight excluding hydrogens is 248 g/mol. The van der Waals surface area contributed by atoms with E-state index in [4.69, 9.17) is 4.74 Å². The molecule has 0 amide bonds. The van der Waals surface area contributed by atoms with E-state index >= 15 is 0 Å². The van der Waals surface area contributed by atoms with Crippen LogP contribution in [0, 0.1) is 13.8 Å². The van der Waals surface area contributed by atoms with Crippen molar-refractivity contribution in [2.45, 2.75) is 33.7 Å². The van der Waals surface area contributed by atoms with Crippen LogP contribution in [0.15, 0.2) is 36.7 Å². The minimum Gasteiger partial charge on any atom is -0.455 e. The van der Waals surface area contributed by atoms with Crippen molar-refractivity contribution in [2.24, 2.45) is 0 Å². The van der Waals surface area contributed by atoms with E-state index in [2.05, 4.69) is 49.3 Å². The number of benzene rings is 1. The van der Waals surface area contributed by atoms with Gasteiger partial charge in [0.15, 0.2) is 0 Å². The maximum atomic E-state index is 6.05. The molecule has 2 rings (SSSR count). The maximum absolute atomic E-state index is 6.05. The third kappa shape index (κ3) is 3.81. The molecule has 0 atom stereocenters. The molecule has 1 aromatic carbocycles. The fourth-order valence-electron chi connectivity index (χ4n) is 1.98. The van der Waals surface area contributed by atoms with E-state index in [0.29, 0.717) is 0 Å². The Balaban J connectivity index is 2.18. The molecule has 0 aliphatic carbocycles.